The van der Waals surface area contributed by atoms with Crippen LogP contribution in [0.25, 0.3) is 0 Å². The van der Waals surface area contributed by atoms with E-state index < -0.39 is 0 Å². The number of anilines is 1. The first-order valence-electron chi connectivity index (χ1n) is 7.71. The van der Waals surface area contributed by atoms with Crippen LogP contribution in [0.1, 0.15) is 19.8 Å². The molecule has 1 aromatic carbocycles. The summed E-state index contributed by atoms with van der Waals surface area (Å²) in [6, 6.07) is 4.83. The zero-order valence-corrected chi connectivity index (χ0v) is 14.2. The van der Waals surface area contributed by atoms with Crippen molar-refractivity contribution in [3.05, 3.63) is 23.2 Å². The largest absolute Gasteiger partial charge is 0.487 e. The molecule has 6 nitrogen and oxygen atoms in total. The lowest BCUT2D eigenvalue weighted by Crippen LogP contribution is -2.43. The van der Waals surface area contributed by atoms with Crippen LogP contribution in [0.2, 0.25) is 5.02 Å². The lowest BCUT2D eigenvalue weighted by atomic mass is 10.1. The van der Waals surface area contributed by atoms with Crippen LogP contribution < -0.4 is 15.4 Å². The average molecular weight is 343 g/mol. The van der Waals surface area contributed by atoms with Crippen LogP contribution in [-0.2, 0) is 9.47 Å². The molecule has 1 heterocycles. The minimum atomic E-state index is -0.313. The summed E-state index contributed by atoms with van der Waals surface area (Å²) in [7, 11) is 1.59. The number of para-hydroxylation sites is 1. The predicted molar refractivity (Wildman–Crippen MR) is 89.4 cm³/mol. The molecular weight excluding hydrogens is 320 g/mol. The Bertz CT molecular complexity index is 521. The van der Waals surface area contributed by atoms with E-state index in [0.717, 1.165) is 19.4 Å². The Balaban J connectivity index is 1.95. The maximum atomic E-state index is 12.2. The van der Waals surface area contributed by atoms with Gasteiger partial charge in [-0.2, -0.15) is 0 Å². The molecule has 0 bridgehead atoms. The molecule has 0 saturated carbocycles. The van der Waals surface area contributed by atoms with E-state index in [2.05, 4.69) is 10.6 Å². The number of carbonyl (C=O) groups excluding carboxylic acids is 1. The average Bonchev–Trinajstić information content (AvgIpc) is 3.04. The Morgan fingerprint density at radius 3 is 3.00 bits per heavy atom. The molecule has 2 amide bonds. The zero-order chi connectivity index (χ0) is 16.7. The number of methoxy groups -OCH3 is 1. The number of benzene rings is 1. The van der Waals surface area contributed by atoms with Gasteiger partial charge in [-0.1, -0.05) is 17.7 Å². The molecule has 2 N–H and O–H groups in total. The van der Waals surface area contributed by atoms with Crippen molar-refractivity contribution in [3.8, 4) is 5.75 Å². The first kappa shape index (κ1) is 17.8. The van der Waals surface area contributed by atoms with E-state index in [1.807, 2.05) is 6.92 Å². The van der Waals surface area contributed by atoms with Crippen molar-refractivity contribution in [2.45, 2.75) is 31.9 Å². The summed E-state index contributed by atoms with van der Waals surface area (Å²) in [5.74, 6) is 0.436. The topological polar surface area (TPSA) is 68.8 Å². The van der Waals surface area contributed by atoms with Crippen molar-refractivity contribution in [2.75, 3.05) is 32.2 Å². The van der Waals surface area contributed by atoms with Gasteiger partial charge in [0.25, 0.3) is 0 Å². The molecule has 2 atom stereocenters. The second-order valence-corrected chi connectivity index (χ2v) is 5.80. The van der Waals surface area contributed by atoms with Crippen molar-refractivity contribution >= 4 is 23.3 Å². The van der Waals surface area contributed by atoms with Crippen molar-refractivity contribution in [1.82, 2.24) is 5.32 Å². The maximum absolute atomic E-state index is 12.2. The Labute approximate surface area is 141 Å². The Kier molecular flexibility index (Phi) is 6.95. The number of rotatable bonds is 7. The van der Waals surface area contributed by atoms with Crippen LogP contribution in [0, 0.1) is 0 Å². The molecule has 1 aromatic rings. The Morgan fingerprint density at radius 1 is 1.48 bits per heavy atom. The van der Waals surface area contributed by atoms with Crippen LogP contribution in [0.3, 0.4) is 0 Å². The van der Waals surface area contributed by atoms with Crippen LogP contribution in [-0.4, -0.2) is 45.1 Å². The molecular formula is C16H23ClN2O4. The van der Waals surface area contributed by atoms with Crippen LogP contribution in [0.15, 0.2) is 18.2 Å². The van der Waals surface area contributed by atoms with Gasteiger partial charge in [0.15, 0.2) is 5.75 Å². The molecule has 2 rings (SSSR count). The molecule has 7 heteroatoms. The van der Waals surface area contributed by atoms with Crippen LogP contribution in [0.5, 0.6) is 5.75 Å². The van der Waals surface area contributed by atoms with Gasteiger partial charge in [0, 0.05) is 13.7 Å². The van der Waals surface area contributed by atoms with Gasteiger partial charge >= 0.3 is 6.03 Å². The standard InChI is InChI=1S/C16H23ClN2O4/c1-11(14-7-4-8-22-14)18-16(20)19-13-6-3-5-12(17)15(13)23-10-9-21-2/h3,5-6,11,14H,4,7-10H2,1-2H3,(H2,18,19,20). The highest BCUT2D eigenvalue weighted by atomic mass is 35.5. The molecule has 1 aliphatic rings. The lowest BCUT2D eigenvalue weighted by Gasteiger charge is -2.21. The Morgan fingerprint density at radius 2 is 2.30 bits per heavy atom. The first-order valence-corrected chi connectivity index (χ1v) is 8.09. The van der Waals surface area contributed by atoms with Crippen LogP contribution >= 0.6 is 11.6 Å². The number of nitrogens with one attached hydrogen (secondary N) is 2. The third kappa shape index (κ3) is 5.27. The van der Waals surface area contributed by atoms with Gasteiger partial charge in [0.2, 0.25) is 0 Å². The number of halogens is 1. The molecule has 2 unspecified atom stereocenters. The predicted octanol–water partition coefficient (Wildman–Crippen LogP) is 3.05. The lowest BCUT2D eigenvalue weighted by molar-refractivity contribution is 0.0868. The summed E-state index contributed by atoms with van der Waals surface area (Å²) in [6.07, 6.45) is 2.06. The molecule has 0 aliphatic carbocycles. The molecule has 1 fully saturated rings. The molecule has 1 saturated heterocycles. The molecule has 23 heavy (non-hydrogen) atoms. The van der Waals surface area contributed by atoms with E-state index in [1.165, 1.54) is 0 Å². The van der Waals surface area contributed by atoms with Gasteiger partial charge in [0.05, 0.1) is 29.5 Å². The summed E-state index contributed by atoms with van der Waals surface area (Å²) >= 11 is 6.14. The van der Waals surface area contributed by atoms with Gasteiger partial charge in [0.1, 0.15) is 6.61 Å². The number of ether oxygens (including phenoxy) is 3. The number of hydrogen-bond acceptors (Lipinski definition) is 4. The van der Waals surface area contributed by atoms with E-state index in [4.69, 9.17) is 25.8 Å². The minimum Gasteiger partial charge on any atom is -0.487 e. The molecule has 0 aromatic heterocycles. The fourth-order valence-corrected chi connectivity index (χ4v) is 2.67. The molecule has 128 valence electrons. The quantitative estimate of drug-likeness (QED) is 0.747. The normalized spacial score (nSPS) is 18.5. The van der Waals surface area contributed by atoms with Crippen molar-refractivity contribution in [2.24, 2.45) is 0 Å². The van der Waals surface area contributed by atoms with Crippen LogP contribution in [0.4, 0.5) is 10.5 Å². The Hall–Kier alpha value is -1.50. The summed E-state index contributed by atoms with van der Waals surface area (Å²) in [4.78, 5) is 12.2. The highest BCUT2D eigenvalue weighted by molar-refractivity contribution is 6.32. The van der Waals surface area contributed by atoms with Crippen molar-refractivity contribution in [1.29, 1.82) is 0 Å². The summed E-state index contributed by atoms with van der Waals surface area (Å²) < 4.78 is 16.1. The SMILES string of the molecule is COCCOc1c(Cl)cccc1NC(=O)NC(C)C1CCCO1. The van der Waals surface area contributed by atoms with Gasteiger partial charge in [-0.3, -0.25) is 0 Å². The number of amides is 2. The van der Waals surface area contributed by atoms with E-state index in [9.17, 15) is 4.79 Å². The van der Waals surface area contributed by atoms with E-state index in [0.29, 0.717) is 29.7 Å². The number of hydrogen-bond donors (Lipinski definition) is 2. The summed E-state index contributed by atoms with van der Waals surface area (Å²) in [6.45, 7) is 3.48. The highest BCUT2D eigenvalue weighted by Crippen LogP contribution is 2.32. The molecule has 0 radical (unpaired) electrons. The maximum Gasteiger partial charge on any atom is 0.319 e. The summed E-state index contributed by atoms with van der Waals surface area (Å²) in [5, 5.41) is 6.10. The third-order valence-corrected chi connectivity index (χ3v) is 3.93. The van der Waals surface area contributed by atoms with E-state index in [-0.39, 0.29) is 18.2 Å². The van der Waals surface area contributed by atoms with Gasteiger partial charge in [-0.15, -0.1) is 0 Å². The van der Waals surface area contributed by atoms with E-state index in [1.54, 1.807) is 25.3 Å². The number of urea groups is 1. The first-order chi connectivity index (χ1) is 11.1. The molecule has 1 aliphatic heterocycles. The van der Waals surface area contributed by atoms with Gasteiger partial charge < -0.3 is 24.8 Å². The second-order valence-electron chi connectivity index (χ2n) is 5.40. The zero-order valence-electron chi connectivity index (χ0n) is 13.4. The van der Waals surface area contributed by atoms with Crippen molar-refractivity contribution < 1.29 is 19.0 Å². The van der Waals surface area contributed by atoms with E-state index >= 15 is 0 Å². The second kappa shape index (κ2) is 8.96. The number of carbonyl (C=O) groups is 1. The van der Waals surface area contributed by atoms with Gasteiger partial charge in [-0.25, -0.2) is 4.79 Å². The third-order valence-electron chi connectivity index (χ3n) is 3.63. The van der Waals surface area contributed by atoms with Crippen molar-refractivity contribution in [3.63, 3.8) is 0 Å². The minimum absolute atomic E-state index is 0.0606. The fraction of sp³-hybridized carbons (Fsp3) is 0.562. The fourth-order valence-electron chi connectivity index (χ4n) is 2.44. The monoisotopic (exact) mass is 342 g/mol. The highest BCUT2D eigenvalue weighted by Gasteiger charge is 2.24. The summed E-state index contributed by atoms with van der Waals surface area (Å²) in [5.41, 5.74) is 0.519. The molecule has 0 spiro atoms. The van der Waals surface area contributed by atoms with Gasteiger partial charge in [-0.05, 0) is 31.9 Å². The smallest absolute Gasteiger partial charge is 0.319 e.